The maximum atomic E-state index is 13.3. The van der Waals surface area contributed by atoms with Crippen molar-refractivity contribution in [1.82, 2.24) is 15.5 Å². The van der Waals surface area contributed by atoms with Gasteiger partial charge in [-0.25, -0.2) is 4.79 Å². The van der Waals surface area contributed by atoms with E-state index in [1.165, 1.54) is 11.8 Å². The molecule has 9 heteroatoms. The van der Waals surface area contributed by atoms with Gasteiger partial charge in [0, 0.05) is 13.1 Å². The van der Waals surface area contributed by atoms with Gasteiger partial charge in [-0.05, 0) is 58.7 Å². The number of esters is 1. The number of hydrogen-bond acceptors (Lipinski definition) is 6. The number of nitrogens with zero attached hydrogens (tertiary/aromatic N) is 1. The first kappa shape index (κ1) is 28.7. The first-order valence-corrected chi connectivity index (χ1v) is 11.4. The standard InChI is InChI=1S/C25H37N3O6/c1-8-18-12-11-13-19(16-18)21(22(30)26-15-14-20(29)33-10-3)28(9-2)23(31)17(4)27-24(32)34-25(5,6)7/h8,11-13,16-17,21H,1,9-10,14-15H2,2-7H3,(H,26,30)(H,27,32). The van der Waals surface area contributed by atoms with Gasteiger partial charge in [-0.15, -0.1) is 0 Å². The van der Waals surface area contributed by atoms with Crippen LogP contribution in [-0.4, -0.2) is 60.1 Å². The average molecular weight is 476 g/mol. The van der Waals surface area contributed by atoms with E-state index < -0.39 is 41.6 Å². The molecule has 2 N–H and O–H groups in total. The van der Waals surface area contributed by atoms with Crippen LogP contribution in [-0.2, 0) is 23.9 Å². The Kier molecular flexibility index (Phi) is 11.3. The Hall–Kier alpha value is -3.36. The molecule has 0 aliphatic heterocycles. The van der Waals surface area contributed by atoms with Gasteiger partial charge in [-0.2, -0.15) is 0 Å². The van der Waals surface area contributed by atoms with Crippen LogP contribution in [0.3, 0.4) is 0 Å². The number of carbonyl (C=O) groups excluding carboxylic acids is 4. The quantitative estimate of drug-likeness (QED) is 0.475. The van der Waals surface area contributed by atoms with Crippen molar-refractivity contribution in [3.8, 4) is 0 Å². The monoisotopic (exact) mass is 475 g/mol. The second-order valence-electron chi connectivity index (χ2n) is 8.62. The van der Waals surface area contributed by atoms with E-state index in [1.54, 1.807) is 58.9 Å². The molecule has 2 unspecified atom stereocenters. The lowest BCUT2D eigenvalue weighted by atomic mass is 10.0. The molecule has 0 aliphatic rings. The summed E-state index contributed by atoms with van der Waals surface area (Å²) in [6.07, 6.45) is 0.924. The lowest BCUT2D eigenvalue weighted by Gasteiger charge is -2.33. The summed E-state index contributed by atoms with van der Waals surface area (Å²) in [4.78, 5) is 51.7. The Morgan fingerprint density at radius 2 is 1.85 bits per heavy atom. The maximum absolute atomic E-state index is 13.3. The summed E-state index contributed by atoms with van der Waals surface area (Å²) in [6, 6.07) is 5.19. The van der Waals surface area contributed by atoms with Crippen LogP contribution in [0.4, 0.5) is 4.79 Å². The summed E-state index contributed by atoms with van der Waals surface area (Å²) < 4.78 is 10.1. The molecule has 1 rings (SSSR count). The number of benzene rings is 1. The fraction of sp³-hybridized carbons (Fsp3) is 0.520. The van der Waals surface area contributed by atoms with Crippen LogP contribution in [0.25, 0.3) is 6.08 Å². The minimum atomic E-state index is -0.984. The summed E-state index contributed by atoms with van der Waals surface area (Å²) in [7, 11) is 0. The molecular weight excluding hydrogens is 438 g/mol. The van der Waals surface area contributed by atoms with Crippen molar-refractivity contribution in [3.05, 3.63) is 42.0 Å². The second kappa shape index (κ2) is 13.4. The summed E-state index contributed by atoms with van der Waals surface area (Å²) in [5.41, 5.74) is 0.639. The predicted octanol–water partition coefficient (Wildman–Crippen LogP) is 3.20. The molecule has 3 amide bonds. The van der Waals surface area contributed by atoms with E-state index in [1.807, 2.05) is 6.07 Å². The van der Waals surface area contributed by atoms with Gasteiger partial charge in [0.05, 0.1) is 13.0 Å². The Balaban J connectivity index is 3.15. The van der Waals surface area contributed by atoms with Gasteiger partial charge in [-0.3, -0.25) is 14.4 Å². The van der Waals surface area contributed by atoms with E-state index in [0.29, 0.717) is 5.56 Å². The van der Waals surface area contributed by atoms with Crippen molar-refractivity contribution in [2.45, 2.75) is 65.6 Å². The number of likely N-dealkylation sites (N-methyl/N-ethyl adjacent to an activating group) is 1. The van der Waals surface area contributed by atoms with Gasteiger partial charge >= 0.3 is 12.1 Å². The number of hydrogen-bond donors (Lipinski definition) is 2. The van der Waals surface area contributed by atoms with Crippen molar-refractivity contribution in [2.24, 2.45) is 0 Å². The van der Waals surface area contributed by atoms with Crippen molar-refractivity contribution in [2.75, 3.05) is 19.7 Å². The molecular formula is C25H37N3O6. The highest BCUT2D eigenvalue weighted by Gasteiger charge is 2.33. The molecule has 0 saturated heterocycles. The zero-order valence-electron chi connectivity index (χ0n) is 21.0. The van der Waals surface area contributed by atoms with Crippen LogP contribution in [0, 0.1) is 0 Å². The van der Waals surface area contributed by atoms with E-state index in [4.69, 9.17) is 9.47 Å². The van der Waals surface area contributed by atoms with Crippen LogP contribution in [0.2, 0.25) is 0 Å². The van der Waals surface area contributed by atoms with Crippen LogP contribution >= 0.6 is 0 Å². The summed E-state index contributed by atoms with van der Waals surface area (Å²) >= 11 is 0. The van der Waals surface area contributed by atoms with Gasteiger partial charge in [0.1, 0.15) is 17.7 Å². The third-order valence-corrected chi connectivity index (χ3v) is 4.68. The van der Waals surface area contributed by atoms with Gasteiger partial charge in [0.2, 0.25) is 11.8 Å². The Morgan fingerprint density at radius 1 is 1.18 bits per heavy atom. The molecule has 9 nitrogen and oxygen atoms in total. The largest absolute Gasteiger partial charge is 0.466 e. The first-order chi connectivity index (χ1) is 15.9. The lowest BCUT2D eigenvalue weighted by molar-refractivity contribution is -0.144. The highest BCUT2D eigenvalue weighted by Crippen LogP contribution is 2.24. The zero-order chi connectivity index (χ0) is 25.9. The number of amides is 3. The number of ether oxygens (including phenoxy) is 2. The van der Waals surface area contributed by atoms with Crippen molar-refractivity contribution >= 4 is 30.0 Å². The minimum Gasteiger partial charge on any atom is -0.466 e. The van der Waals surface area contributed by atoms with E-state index in [-0.39, 0.29) is 26.1 Å². The van der Waals surface area contributed by atoms with E-state index in [9.17, 15) is 19.2 Å². The molecule has 2 atom stereocenters. The molecule has 1 aromatic carbocycles. The van der Waals surface area contributed by atoms with Crippen LogP contribution < -0.4 is 10.6 Å². The first-order valence-electron chi connectivity index (χ1n) is 11.4. The van der Waals surface area contributed by atoms with E-state index in [0.717, 1.165) is 5.56 Å². The number of carbonyl (C=O) groups is 4. The topological polar surface area (TPSA) is 114 Å². The number of rotatable bonds is 11. The summed E-state index contributed by atoms with van der Waals surface area (Å²) in [6.45, 7) is 14.4. The summed E-state index contributed by atoms with van der Waals surface area (Å²) in [5.74, 6) is -1.33. The van der Waals surface area contributed by atoms with Gasteiger partial charge in [-0.1, -0.05) is 30.9 Å². The molecule has 1 aromatic rings. The smallest absolute Gasteiger partial charge is 0.408 e. The molecule has 0 heterocycles. The molecule has 0 aromatic heterocycles. The van der Waals surface area contributed by atoms with Gasteiger partial charge < -0.3 is 25.0 Å². The fourth-order valence-corrected chi connectivity index (χ4v) is 3.21. The van der Waals surface area contributed by atoms with Crippen LogP contribution in [0.1, 0.15) is 65.1 Å². The molecule has 0 saturated carbocycles. The maximum Gasteiger partial charge on any atom is 0.408 e. The Morgan fingerprint density at radius 3 is 2.41 bits per heavy atom. The highest BCUT2D eigenvalue weighted by molar-refractivity contribution is 5.92. The Labute approximate surface area is 201 Å². The SMILES string of the molecule is C=Cc1cccc(C(C(=O)NCCC(=O)OCC)N(CC)C(=O)C(C)NC(=O)OC(C)(C)C)c1. The van der Waals surface area contributed by atoms with E-state index in [2.05, 4.69) is 17.2 Å². The Bertz CT molecular complexity index is 878. The van der Waals surface area contributed by atoms with Crippen LogP contribution in [0.5, 0.6) is 0 Å². The fourth-order valence-electron chi connectivity index (χ4n) is 3.21. The van der Waals surface area contributed by atoms with E-state index >= 15 is 0 Å². The normalized spacial score (nSPS) is 12.6. The second-order valence-corrected chi connectivity index (χ2v) is 8.62. The molecule has 0 bridgehead atoms. The number of nitrogens with one attached hydrogen (secondary N) is 2. The molecule has 0 fully saturated rings. The molecule has 188 valence electrons. The predicted molar refractivity (Wildman–Crippen MR) is 130 cm³/mol. The minimum absolute atomic E-state index is 0.00959. The molecule has 0 spiro atoms. The third kappa shape index (κ3) is 9.25. The van der Waals surface area contributed by atoms with Gasteiger partial charge in [0.25, 0.3) is 0 Å². The number of alkyl carbamates (subject to hydrolysis) is 1. The van der Waals surface area contributed by atoms with Crippen molar-refractivity contribution < 1.29 is 28.7 Å². The van der Waals surface area contributed by atoms with Crippen LogP contribution in [0.15, 0.2) is 30.8 Å². The average Bonchev–Trinajstić information content (AvgIpc) is 2.75. The highest BCUT2D eigenvalue weighted by atomic mass is 16.6. The van der Waals surface area contributed by atoms with Crippen molar-refractivity contribution in [3.63, 3.8) is 0 Å². The molecule has 34 heavy (non-hydrogen) atoms. The zero-order valence-corrected chi connectivity index (χ0v) is 21.0. The third-order valence-electron chi connectivity index (χ3n) is 4.68. The lowest BCUT2D eigenvalue weighted by Crippen LogP contribution is -2.52. The summed E-state index contributed by atoms with van der Waals surface area (Å²) in [5, 5.41) is 5.25. The molecule has 0 radical (unpaired) electrons. The van der Waals surface area contributed by atoms with Crippen molar-refractivity contribution in [1.29, 1.82) is 0 Å². The molecule has 0 aliphatic carbocycles. The van der Waals surface area contributed by atoms with Gasteiger partial charge in [0.15, 0.2) is 0 Å².